The maximum atomic E-state index is 14.0. The fraction of sp³-hybridized carbons (Fsp3) is 0.0625. The molecule has 0 atom stereocenters. The standard InChI is InChI=1S/C16H9BrFN3OS/c17-10-6-7-11-15(14(10)18)23-13(19-11)8-12-20-21-16(22-12)9-4-2-1-3-5-9/h1-7H,8H2. The monoisotopic (exact) mass is 389 g/mol. The van der Waals surface area contributed by atoms with E-state index in [0.29, 0.717) is 32.9 Å². The maximum absolute atomic E-state index is 14.0. The highest BCUT2D eigenvalue weighted by atomic mass is 79.9. The zero-order valence-corrected chi connectivity index (χ0v) is 14.1. The van der Waals surface area contributed by atoms with E-state index in [4.69, 9.17) is 4.42 Å². The number of benzene rings is 2. The van der Waals surface area contributed by atoms with Gasteiger partial charge in [0, 0.05) is 5.56 Å². The number of thiazole rings is 1. The topological polar surface area (TPSA) is 51.8 Å². The zero-order valence-electron chi connectivity index (χ0n) is 11.7. The molecule has 0 aliphatic heterocycles. The lowest BCUT2D eigenvalue weighted by molar-refractivity contribution is 0.518. The van der Waals surface area contributed by atoms with Crippen LogP contribution in [0.15, 0.2) is 51.4 Å². The average molecular weight is 390 g/mol. The van der Waals surface area contributed by atoms with E-state index < -0.39 is 0 Å². The molecule has 4 aromatic rings. The van der Waals surface area contributed by atoms with Crippen LogP contribution in [0.4, 0.5) is 4.39 Å². The van der Waals surface area contributed by atoms with Crippen molar-refractivity contribution in [2.75, 3.05) is 0 Å². The van der Waals surface area contributed by atoms with Crippen LogP contribution in [0.2, 0.25) is 0 Å². The summed E-state index contributed by atoms with van der Waals surface area (Å²) in [6.07, 6.45) is 0.385. The molecule has 0 amide bonds. The average Bonchev–Trinajstić information content (AvgIpc) is 3.19. The first-order valence-corrected chi connectivity index (χ1v) is 8.43. The lowest BCUT2D eigenvalue weighted by Crippen LogP contribution is -1.86. The zero-order chi connectivity index (χ0) is 15.8. The van der Waals surface area contributed by atoms with Crippen molar-refractivity contribution in [3.8, 4) is 11.5 Å². The third kappa shape index (κ3) is 2.77. The van der Waals surface area contributed by atoms with Gasteiger partial charge in [0.05, 0.1) is 21.1 Å². The predicted molar refractivity (Wildman–Crippen MR) is 89.8 cm³/mol. The second-order valence-electron chi connectivity index (χ2n) is 4.86. The molecule has 0 fully saturated rings. The van der Waals surface area contributed by atoms with Crippen molar-refractivity contribution in [2.45, 2.75) is 6.42 Å². The number of aromatic nitrogens is 3. The third-order valence-electron chi connectivity index (χ3n) is 3.28. The van der Waals surface area contributed by atoms with E-state index in [1.165, 1.54) is 11.3 Å². The van der Waals surface area contributed by atoms with E-state index in [2.05, 4.69) is 31.1 Å². The Bertz CT molecular complexity index is 984. The van der Waals surface area contributed by atoms with Crippen molar-refractivity contribution in [3.63, 3.8) is 0 Å². The molecule has 0 spiro atoms. The Labute approximate surface area is 143 Å². The Morgan fingerprint density at radius 2 is 1.91 bits per heavy atom. The molecule has 0 N–H and O–H groups in total. The Balaban J connectivity index is 1.64. The Morgan fingerprint density at radius 1 is 1.09 bits per heavy atom. The second kappa shape index (κ2) is 5.82. The second-order valence-corrected chi connectivity index (χ2v) is 6.80. The lowest BCUT2D eigenvalue weighted by Gasteiger charge is -1.92. The molecule has 4 nitrogen and oxygen atoms in total. The van der Waals surface area contributed by atoms with E-state index in [1.807, 2.05) is 30.3 Å². The molecule has 0 aliphatic rings. The van der Waals surface area contributed by atoms with Crippen molar-refractivity contribution < 1.29 is 8.81 Å². The summed E-state index contributed by atoms with van der Waals surface area (Å²) in [7, 11) is 0. The minimum absolute atomic E-state index is 0.290. The molecule has 0 saturated heterocycles. The quantitative estimate of drug-likeness (QED) is 0.503. The molecule has 0 saturated carbocycles. The molecular formula is C16H9BrFN3OS. The molecule has 0 unspecified atom stereocenters. The van der Waals surface area contributed by atoms with Gasteiger partial charge in [-0.15, -0.1) is 21.5 Å². The van der Waals surface area contributed by atoms with Crippen LogP contribution in [-0.2, 0) is 6.42 Å². The number of rotatable bonds is 3. The van der Waals surface area contributed by atoms with Gasteiger partial charge in [0.25, 0.3) is 0 Å². The number of hydrogen-bond donors (Lipinski definition) is 0. The van der Waals surface area contributed by atoms with Crippen LogP contribution in [0.3, 0.4) is 0 Å². The van der Waals surface area contributed by atoms with Gasteiger partial charge in [0.15, 0.2) is 5.82 Å². The van der Waals surface area contributed by atoms with E-state index in [0.717, 1.165) is 10.6 Å². The SMILES string of the molecule is Fc1c(Br)ccc2nc(Cc3nnc(-c4ccccc4)o3)sc12. The summed E-state index contributed by atoms with van der Waals surface area (Å²) in [4.78, 5) is 4.42. The van der Waals surface area contributed by atoms with Gasteiger partial charge in [0.1, 0.15) is 5.01 Å². The number of halogens is 2. The van der Waals surface area contributed by atoms with Crippen LogP contribution >= 0.6 is 27.3 Å². The summed E-state index contributed by atoms with van der Waals surface area (Å²) in [5.74, 6) is 0.639. The predicted octanol–water partition coefficient (Wildman–Crippen LogP) is 4.84. The summed E-state index contributed by atoms with van der Waals surface area (Å²) >= 11 is 4.48. The van der Waals surface area contributed by atoms with Crippen LogP contribution in [0.25, 0.3) is 21.7 Å². The fourth-order valence-corrected chi connectivity index (χ4v) is 3.66. The highest BCUT2D eigenvalue weighted by Crippen LogP contribution is 2.30. The fourth-order valence-electron chi connectivity index (χ4n) is 2.21. The maximum Gasteiger partial charge on any atom is 0.247 e. The first-order valence-electron chi connectivity index (χ1n) is 6.82. The third-order valence-corrected chi connectivity index (χ3v) is 4.96. The largest absolute Gasteiger partial charge is 0.420 e. The summed E-state index contributed by atoms with van der Waals surface area (Å²) in [5, 5.41) is 8.83. The molecule has 0 bridgehead atoms. The summed E-state index contributed by atoms with van der Waals surface area (Å²) in [6.45, 7) is 0. The van der Waals surface area contributed by atoms with Gasteiger partial charge in [-0.25, -0.2) is 9.37 Å². The summed E-state index contributed by atoms with van der Waals surface area (Å²) < 4.78 is 20.7. The normalized spacial score (nSPS) is 11.2. The van der Waals surface area contributed by atoms with Crippen LogP contribution < -0.4 is 0 Å². The van der Waals surface area contributed by atoms with Gasteiger partial charge in [-0.05, 0) is 40.2 Å². The van der Waals surface area contributed by atoms with Crippen LogP contribution in [-0.4, -0.2) is 15.2 Å². The minimum atomic E-state index is -0.290. The number of hydrogen-bond acceptors (Lipinski definition) is 5. The van der Waals surface area contributed by atoms with Crippen molar-refractivity contribution in [3.05, 3.63) is 63.7 Å². The van der Waals surface area contributed by atoms with Crippen LogP contribution in [0, 0.1) is 5.82 Å². The smallest absolute Gasteiger partial charge is 0.247 e. The molecule has 4 rings (SSSR count). The van der Waals surface area contributed by atoms with E-state index in [9.17, 15) is 4.39 Å². The Kier molecular flexibility index (Phi) is 3.66. The molecule has 2 aromatic carbocycles. The van der Waals surface area contributed by atoms with Gasteiger partial charge in [-0.1, -0.05) is 18.2 Å². The first-order chi connectivity index (χ1) is 11.2. The van der Waals surface area contributed by atoms with Gasteiger partial charge in [-0.2, -0.15) is 0 Å². The van der Waals surface area contributed by atoms with E-state index in [1.54, 1.807) is 12.1 Å². The van der Waals surface area contributed by atoms with Gasteiger partial charge >= 0.3 is 0 Å². The number of nitrogens with zero attached hydrogens (tertiary/aromatic N) is 3. The number of fused-ring (bicyclic) bond motifs is 1. The van der Waals surface area contributed by atoms with Gasteiger partial charge in [-0.3, -0.25) is 0 Å². The summed E-state index contributed by atoms with van der Waals surface area (Å²) in [5.41, 5.74) is 1.50. The summed E-state index contributed by atoms with van der Waals surface area (Å²) in [6, 6.07) is 13.0. The van der Waals surface area contributed by atoms with Crippen LogP contribution in [0.1, 0.15) is 10.9 Å². The highest BCUT2D eigenvalue weighted by molar-refractivity contribution is 9.10. The van der Waals surface area contributed by atoms with Crippen molar-refractivity contribution in [1.82, 2.24) is 15.2 Å². The van der Waals surface area contributed by atoms with Gasteiger partial charge < -0.3 is 4.42 Å². The van der Waals surface area contributed by atoms with Crippen molar-refractivity contribution >= 4 is 37.5 Å². The molecule has 2 heterocycles. The molecule has 7 heteroatoms. The molecule has 0 radical (unpaired) electrons. The molecule has 0 aliphatic carbocycles. The van der Waals surface area contributed by atoms with Crippen LogP contribution in [0.5, 0.6) is 0 Å². The molecule has 2 aromatic heterocycles. The van der Waals surface area contributed by atoms with E-state index in [-0.39, 0.29) is 5.82 Å². The molecule has 114 valence electrons. The minimum Gasteiger partial charge on any atom is -0.420 e. The van der Waals surface area contributed by atoms with Crippen molar-refractivity contribution in [2.24, 2.45) is 0 Å². The lowest BCUT2D eigenvalue weighted by atomic mass is 10.2. The van der Waals surface area contributed by atoms with Crippen molar-refractivity contribution in [1.29, 1.82) is 0 Å². The van der Waals surface area contributed by atoms with E-state index >= 15 is 0 Å². The highest BCUT2D eigenvalue weighted by Gasteiger charge is 2.14. The first kappa shape index (κ1) is 14.5. The van der Waals surface area contributed by atoms with Gasteiger partial charge in [0.2, 0.25) is 11.8 Å². The molecule has 23 heavy (non-hydrogen) atoms. The Hall–Kier alpha value is -2.12. The Morgan fingerprint density at radius 3 is 2.74 bits per heavy atom. The molecular weight excluding hydrogens is 381 g/mol.